The molecule has 1 rings (SSSR count). The summed E-state index contributed by atoms with van der Waals surface area (Å²) in [5.41, 5.74) is 0. The van der Waals surface area contributed by atoms with Gasteiger partial charge in [0.2, 0.25) is 0 Å². The van der Waals surface area contributed by atoms with Crippen LogP contribution in [-0.2, 0) is 42.1 Å². The second-order valence-corrected chi connectivity index (χ2v) is 1.39. The van der Waals surface area contributed by atoms with Crippen molar-refractivity contribution in [1.29, 1.82) is 0 Å². The average molecular weight is 479 g/mol. The van der Waals surface area contributed by atoms with Crippen LogP contribution in [0.1, 0.15) is 0 Å². The molecule has 1 aromatic heterocycles. The van der Waals surface area contributed by atoms with Gasteiger partial charge in [-0.25, -0.2) is 0 Å². The molecule has 9 heavy (non-hydrogen) atoms. The average Bonchev–Trinajstić information content (AvgIpc) is 1.69. The zero-order valence-corrected chi connectivity index (χ0v) is 10.9. The van der Waals surface area contributed by atoms with Crippen molar-refractivity contribution >= 4 is 11.6 Å². The van der Waals surface area contributed by atoms with Gasteiger partial charge in [0.1, 0.15) is 0 Å². The minimum Gasteiger partial charge on any atom is -0.471 e. The molecular formula is C5H2ClNW2-2. The molecule has 4 heteroatoms. The fraction of sp³-hybridized carbons (Fsp3) is 0. The van der Waals surface area contributed by atoms with Gasteiger partial charge < -0.3 is 22.1 Å². The topological polar surface area (TPSA) is 12.9 Å². The first-order valence-electron chi connectivity index (χ1n) is 1.78. The van der Waals surface area contributed by atoms with Crippen LogP contribution in [0.25, 0.3) is 0 Å². The molecule has 0 amide bonds. The van der Waals surface area contributed by atoms with Crippen LogP contribution < -0.4 is 0 Å². The SMILES string of the molecule is Clc1[c-]cnc[c-]1.[W].[W]. The van der Waals surface area contributed by atoms with Crippen molar-refractivity contribution in [2.75, 3.05) is 0 Å². The quantitative estimate of drug-likeness (QED) is 0.513. The van der Waals surface area contributed by atoms with E-state index in [-0.39, 0.29) is 42.1 Å². The van der Waals surface area contributed by atoms with Crippen molar-refractivity contribution in [3.8, 4) is 0 Å². The number of halogens is 1. The fourth-order valence-corrected chi connectivity index (χ4v) is 0.364. The summed E-state index contributed by atoms with van der Waals surface area (Å²) in [5.74, 6) is 0. The number of rotatable bonds is 0. The van der Waals surface area contributed by atoms with E-state index in [1.165, 1.54) is 12.4 Å². The Morgan fingerprint density at radius 2 is 1.67 bits per heavy atom. The van der Waals surface area contributed by atoms with Crippen molar-refractivity contribution in [3.05, 3.63) is 29.5 Å². The molecule has 1 aromatic rings. The molecule has 0 aliphatic heterocycles. The number of pyridine rings is 1. The minimum atomic E-state index is 0. The molecule has 0 fully saturated rings. The van der Waals surface area contributed by atoms with Crippen LogP contribution in [0.3, 0.4) is 0 Å². The van der Waals surface area contributed by atoms with Crippen LogP contribution in [0, 0.1) is 12.1 Å². The van der Waals surface area contributed by atoms with Crippen LogP contribution in [0.4, 0.5) is 0 Å². The van der Waals surface area contributed by atoms with Crippen LogP contribution >= 0.6 is 11.6 Å². The van der Waals surface area contributed by atoms with Gasteiger partial charge in [-0.05, 0) is 0 Å². The first-order valence-corrected chi connectivity index (χ1v) is 2.16. The Hall–Kier alpha value is 0.817. The van der Waals surface area contributed by atoms with Crippen molar-refractivity contribution in [1.82, 2.24) is 4.98 Å². The van der Waals surface area contributed by atoms with Gasteiger partial charge in [0.15, 0.2) is 0 Å². The summed E-state index contributed by atoms with van der Waals surface area (Å²) >= 11 is 5.39. The van der Waals surface area contributed by atoms with Crippen LogP contribution in [0.2, 0.25) is 5.02 Å². The first-order chi connectivity index (χ1) is 3.39. The van der Waals surface area contributed by atoms with Crippen molar-refractivity contribution in [2.24, 2.45) is 0 Å². The van der Waals surface area contributed by atoms with Gasteiger partial charge in [0.05, 0.1) is 0 Å². The summed E-state index contributed by atoms with van der Waals surface area (Å²) in [6.45, 7) is 0. The molecule has 0 atom stereocenters. The molecule has 1 nitrogen and oxygen atoms in total. The third kappa shape index (κ3) is 5.27. The predicted molar refractivity (Wildman–Crippen MR) is 26.9 cm³/mol. The number of hydrogen-bond acceptors (Lipinski definition) is 1. The number of hydrogen-bond donors (Lipinski definition) is 0. The van der Waals surface area contributed by atoms with Gasteiger partial charge in [-0.15, -0.1) is 0 Å². The van der Waals surface area contributed by atoms with E-state index in [4.69, 9.17) is 11.6 Å². The molecule has 0 saturated heterocycles. The van der Waals surface area contributed by atoms with Gasteiger partial charge >= 0.3 is 0 Å². The molecule has 0 N–H and O–H groups in total. The molecule has 0 bridgehead atoms. The van der Waals surface area contributed by atoms with Crippen LogP contribution in [0.15, 0.2) is 12.4 Å². The monoisotopic (exact) mass is 479 g/mol. The van der Waals surface area contributed by atoms with Gasteiger partial charge in [-0.1, -0.05) is 0 Å². The van der Waals surface area contributed by atoms with Gasteiger partial charge in [0, 0.05) is 42.1 Å². The minimum absolute atomic E-state index is 0. The molecule has 0 spiro atoms. The Balaban J connectivity index is 0. The molecule has 0 aromatic carbocycles. The van der Waals surface area contributed by atoms with Gasteiger partial charge in [0.25, 0.3) is 0 Å². The number of nitrogens with zero attached hydrogens (tertiary/aromatic N) is 1. The van der Waals surface area contributed by atoms with Gasteiger partial charge in [-0.3, -0.25) is 0 Å². The van der Waals surface area contributed by atoms with Crippen molar-refractivity contribution < 1.29 is 42.1 Å². The maximum absolute atomic E-state index is 5.39. The maximum Gasteiger partial charge on any atom is 0 e. The molecule has 0 radical (unpaired) electrons. The zero-order chi connectivity index (χ0) is 5.11. The summed E-state index contributed by atoms with van der Waals surface area (Å²) in [7, 11) is 0. The summed E-state index contributed by atoms with van der Waals surface area (Å²) in [5, 5.41) is 0.481. The summed E-state index contributed by atoms with van der Waals surface area (Å²) in [4.78, 5) is 3.65. The van der Waals surface area contributed by atoms with E-state index < -0.39 is 0 Å². The smallest absolute Gasteiger partial charge is 0 e. The second kappa shape index (κ2) is 6.93. The zero-order valence-electron chi connectivity index (χ0n) is 4.30. The molecule has 0 aliphatic carbocycles. The Labute approximate surface area is 87.7 Å². The molecule has 48 valence electrons. The van der Waals surface area contributed by atoms with E-state index in [2.05, 4.69) is 17.1 Å². The molecule has 0 saturated carbocycles. The standard InChI is InChI=1S/C5H2ClN.2W/c6-5-1-3-7-4-2-5;;/h3-4H;;/q-2;;. The van der Waals surface area contributed by atoms with Crippen molar-refractivity contribution in [2.45, 2.75) is 0 Å². The van der Waals surface area contributed by atoms with E-state index >= 15 is 0 Å². The van der Waals surface area contributed by atoms with E-state index in [1.54, 1.807) is 0 Å². The summed E-state index contributed by atoms with van der Waals surface area (Å²) < 4.78 is 0. The molecule has 1 heterocycles. The van der Waals surface area contributed by atoms with Crippen molar-refractivity contribution in [3.63, 3.8) is 0 Å². The Morgan fingerprint density at radius 1 is 1.22 bits per heavy atom. The Kier molecular flexibility index (Phi) is 9.62. The van der Waals surface area contributed by atoms with E-state index in [0.29, 0.717) is 5.02 Å². The Morgan fingerprint density at radius 3 is 1.89 bits per heavy atom. The first kappa shape index (κ1) is 12.5. The van der Waals surface area contributed by atoms with E-state index in [9.17, 15) is 0 Å². The third-order valence-corrected chi connectivity index (χ3v) is 0.750. The van der Waals surface area contributed by atoms with Crippen LogP contribution in [0.5, 0.6) is 0 Å². The molecule has 0 aliphatic rings. The van der Waals surface area contributed by atoms with Gasteiger partial charge in [-0.2, -0.15) is 24.0 Å². The van der Waals surface area contributed by atoms with Crippen LogP contribution in [-0.4, -0.2) is 4.98 Å². The maximum atomic E-state index is 5.39. The molecular weight excluding hydrogens is 477 g/mol. The predicted octanol–water partition coefficient (Wildman–Crippen LogP) is 1.33. The Bertz CT molecular complexity index is 145. The largest absolute Gasteiger partial charge is 0.471 e. The molecule has 0 unspecified atom stereocenters. The van der Waals surface area contributed by atoms with E-state index in [0.717, 1.165) is 0 Å². The number of aromatic nitrogens is 1. The summed E-state index contributed by atoms with van der Waals surface area (Å²) in [6.07, 6.45) is 3.00. The summed E-state index contributed by atoms with van der Waals surface area (Å²) in [6, 6.07) is 5.26. The van der Waals surface area contributed by atoms with E-state index in [1.807, 2.05) is 0 Å². The third-order valence-electron chi connectivity index (χ3n) is 0.532. The fourth-order valence-electron chi connectivity index (χ4n) is 0.267. The normalized spacial score (nSPS) is 6.78. The second-order valence-electron chi connectivity index (χ2n) is 1.01.